The largest absolute Gasteiger partial charge is 0.351 e. The van der Waals surface area contributed by atoms with Crippen molar-refractivity contribution in [1.82, 2.24) is 14.8 Å². The summed E-state index contributed by atoms with van der Waals surface area (Å²) in [4.78, 5) is 30.6. The van der Waals surface area contributed by atoms with E-state index in [2.05, 4.69) is 5.32 Å². The normalized spacial score (nSPS) is 20.1. The van der Waals surface area contributed by atoms with E-state index in [1.165, 1.54) is 6.42 Å². The zero-order chi connectivity index (χ0) is 25.4. The highest BCUT2D eigenvalue weighted by molar-refractivity contribution is 6.30. The first-order chi connectivity index (χ1) is 18.1. The summed E-state index contributed by atoms with van der Waals surface area (Å²) in [6.45, 7) is 0.610. The molecule has 3 aromatic carbocycles. The van der Waals surface area contributed by atoms with Crippen LogP contribution in [0, 0.1) is 0 Å². The molecule has 1 unspecified atom stereocenters. The van der Waals surface area contributed by atoms with Crippen LogP contribution in [-0.2, 0) is 23.4 Å². The SMILES string of the molecule is O=C1c2cc3ccccc3n2CC(C(=O)NC2CCCCC2)(c2ccccc2)N1Cc1cccc(Cl)c1. The number of nitrogens with one attached hydrogen (secondary N) is 1. The fourth-order valence-electron chi connectivity index (χ4n) is 6.05. The molecule has 1 aliphatic carbocycles. The predicted molar refractivity (Wildman–Crippen MR) is 146 cm³/mol. The van der Waals surface area contributed by atoms with Gasteiger partial charge in [-0.1, -0.05) is 91.5 Å². The highest BCUT2D eigenvalue weighted by Crippen LogP contribution is 2.40. The Labute approximate surface area is 222 Å². The summed E-state index contributed by atoms with van der Waals surface area (Å²) >= 11 is 6.33. The van der Waals surface area contributed by atoms with Crippen LogP contribution in [0.4, 0.5) is 0 Å². The summed E-state index contributed by atoms with van der Waals surface area (Å²) in [5, 5.41) is 4.97. The monoisotopic (exact) mass is 511 g/mol. The molecule has 0 radical (unpaired) electrons. The Morgan fingerprint density at radius 1 is 0.919 bits per heavy atom. The summed E-state index contributed by atoms with van der Waals surface area (Å²) in [5.41, 5.74) is 2.03. The quantitative estimate of drug-likeness (QED) is 0.342. The number of aromatic nitrogens is 1. The van der Waals surface area contributed by atoms with Crippen molar-refractivity contribution in [3.05, 3.63) is 107 Å². The topological polar surface area (TPSA) is 54.3 Å². The van der Waals surface area contributed by atoms with E-state index in [4.69, 9.17) is 11.6 Å². The highest BCUT2D eigenvalue weighted by Gasteiger charge is 2.52. The number of hydrogen-bond donors (Lipinski definition) is 1. The molecule has 1 saturated carbocycles. The van der Waals surface area contributed by atoms with Crippen LogP contribution in [0.2, 0.25) is 5.02 Å². The Kier molecular flexibility index (Phi) is 6.25. The summed E-state index contributed by atoms with van der Waals surface area (Å²) < 4.78 is 2.03. The molecule has 1 N–H and O–H groups in total. The molecular weight excluding hydrogens is 482 g/mol. The number of nitrogens with zero attached hydrogens (tertiary/aromatic N) is 2. The van der Waals surface area contributed by atoms with Crippen molar-refractivity contribution in [1.29, 1.82) is 0 Å². The van der Waals surface area contributed by atoms with Crippen LogP contribution in [0.15, 0.2) is 84.9 Å². The molecule has 6 heteroatoms. The van der Waals surface area contributed by atoms with Crippen molar-refractivity contribution >= 4 is 34.3 Å². The van der Waals surface area contributed by atoms with Crippen LogP contribution in [0.5, 0.6) is 0 Å². The van der Waals surface area contributed by atoms with Gasteiger partial charge in [-0.2, -0.15) is 0 Å². The first kappa shape index (κ1) is 23.8. The lowest BCUT2D eigenvalue weighted by Gasteiger charge is -2.47. The molecule has 2 amide bonds. The molecule has 5 nitrogen and oxygen atoms in total. The number of para-hydroxylation sites is 1. The van der Waals surface area contributed by atoms with E-state index in [1.54, 1.807) is 4.90 Å². The third-order valence-corrected chi connectivity index (χ3v) is 8.15. The minimum Gasteiger partial charge on any atom is -0.351 e. The number of hydrogen-bond acceptors (Lipinski definition) is 2. The lowest BCUT2D eigenvalue weighted by molar-refractivity contribution is -0.136. The third kappa shape index (κ3) is 4.21. The van der Waals surface area contributed by atoms with Gasteiger partial charge in [0, 0.05) is 28.5 Å². The van der Waals surface area contributed by atoms with Gasteiger partial charge in [0.1, 0.15) is 5.69 Å². The van der Waals surface area contributed by atoms with Crippen LogP contribution in [0.3, 0.4) is 0 Å². The molecule has 0 bridgehead atoms. The van der Waals surface area contributed by atoms with Gasteiger partial charge in [0.15, 0.2) is 5.54 Å². The van der Waals surface area contributed by atoms with E-state index in [0.29, 0.717) is 17.3 Å². The van der Waals surface area contributed by atoms with Gasteiger partial charge < -0.3 is 14.8 Å². The van der Waals surface area contributed by atoms with Gasteiger partial charge >= 0.3 is 0 Å². The molecule has 1 fully saturated rings. The lowest BCUT2D eigenvalue weighted by atomic mass is 9.83. The van der Waals surface area contributed by atoms with Crippen LogP contribution in [0.25, 0.3) is 10.9 Å². The Hall–Kier alpha value is -3.57. The van der Waals surface area contributed by atoms with Crippen molar-refractivity contribution in [2.45, 2.75) is 56.8 Å². The molecule has 0 spiro atoms. The summed E-state index contributed by atoms with van der Waals surface area (Å²) in [6.07, 6.45) is 5.36. The maximum absolute atomic E-state index is 14.5. The molecule has 6 rings (SSSR count). The zero-order valence-electron chi connectivity index (χ0n) is 20.7. The maximum Gasteiger partial charge on any atom is 0.272 e. The van der Waals surface area contributed by atoms with E-state index in [9.17, 15) is 9.59 Å². The molecule has 2 heterocycles. The van der Waals surface area contributed by atoms with Crippen molar-refractivity contribution < 1.29 is 9.59 Å². The lowest BCUT2D eigenvalue weighted by Crippen LogP contribution is -2.64. The Morgan fingerprint density at radius 3 is 2.46 bits per heavy atom. The summed E-state index contributed by atoms with van der Waals surface area (Å²) in [6, 6.07) is 27.3. The number of benzene rings is 3. The smallest absolute Gasteiger partial charge is 0.272 e. The summed E-state index contributed by atoms with van der Waals surface area (Å²) in [5.74, 6) is -0.283. The second-order valence-electron chi connectivity index (χ2n) is 10.2. The first-order valence-electron chi connectivity index (χ1n) is 13.1. The van der Waals surface area contributed by atoms with Crippen LogP contribution >= 0.6 is 11.6 Å². The van der Waals surface area contributed by atoms with Crippen LogP contribution < -0.4 is 5.32 Å². The van der Waals surface area contributed by atoms with Gasteiger partial charge in [-0.25, -0.2) is 0 Å². The fraction of sp³-hybridized carbons (Fsp3) is 0.290. The van der Waals surface area contributed by atoms with Gasteiger partial charge in [-0.3, -0.25) is 9.59 Å². The van der Waals surface area contributed by atoms with E-state index in [-0.39, 0.29) is 24.4 Å². The highest BCUT2D eigenvalue weighted by atomic mass is 35.5. The first-order valence-corrected chi connectivity index (χ1v) is 13.5. The number of carbonyl (C=O) groups is 2. The number of carbonyl (C=O) groups excluding carboxylic acids is 2. The van der Waals surface area contributed by atoms with Crippen LogP contribution in [0.1, 0.15) is 53.7 Å². The number of halogens is 1. The van der Waals surface area contributed by atoms with Gasteiger partial charge in [0.2, 0.25) is 0 Å². The standard InChI is InChI=1S/C31H30ClN3O2/c32-25-14-9-10-22(18-25)20-35-29(36)28-19-23-11-7-8-17-27(23)34(28)21-31(35,24-12-3-1-4-13-24)30(37)33-26-15-5-2-6-16-26/h1,3-4,7-14,17-19,26H,2,5-6,15-16,20-21H2,(H,33,37). The molecule has 1 aliphatic heterocycles. The van der Waals surface area contributed by atoms with Gasteiger partial charge in [-0.05, 0) is 48.2 Å². The second-order valence-corrected chi connectivity index (χ2v) is 10.7. The Balaban J connectivity index is 1.54. The second kappa shape index (κ2) is 9.71. The molecule has 1 atom stereocenters. The average Bonchev–Trinajstić information content (AvgIpc) is 3.30. The molecule has 37 heavy (non-hydrogen) atoms. The third-order valence-electron chi connectivity index (χ3n) is 7.92. The van der Waals surface area contributed by atoms with Gasteiger partial charge in [-0.15, -0.1) is 0 Å². The molecule has 0 saturated heterocycles. The van der Waals surface area contributed by atoms with Crippen molar-refractivity contribution in [2.24, 2.45) is 0 Å². The molecule has 1 aromatic heterocycles. The van der Waals surface area contributed by atoms with E-state index < -0.39 is 5.54 Å². The minimum atomic E-state index is -1.22. The van der Waals surface area contributed by atoms with Crippen LogP contribution in [-0.4, -0.2) is 27.3 Å². The van der Waals surface area contributed by atoms with Crippen molar-refractivity contribution in [2.75, 3.05) is 0 Å². The van der Waals surface area contributed by atoms with Crippen molar-refractivity contribution in [3.8, 4) is 0 Å². The summed E-state index contributed by atoms with van der Waals surface area (Å²) in [7, 11) is 0. The maximum atomic E-state index is 14.5. The molecular formula is C31H30ClN3O2. The minimum absolute atomic E-state index is 0.118. The number of fused-ring (bicyclic) bond motifs is 3. The molecule has 188 valence electrons. The number of rotatable bonds is 5. The fourth-order valence-corrected chi connectivity index (χ4v) is 6.26. The zero-order valence-corrected chi connectivity index (χ0v) is 21.5. The molecule has 2 aliphatic rings. The van der Waals surface area contributed by atoms with E-state index in [0.717, 1.165) is 47.7 Å². The van der Waals surface area contributed by atoms with Gasteiger partial charge in [0.25, 0.3) is 11.8 Å². The Bertz CT molecular complexity index is 1460. The van der Waals surface area contributed by atoms with Gasteiger partial charge in [0.05, 0.1) is 6.54 Å². The van der Waals surface area contributed by atoms with E-state index in [1.807, 2.05) is 89.5 Å². The Morgan fingerprint density at radius 2 is 1.68 bits per heavy atom. The molecule has 4 aromatic rings. The predicted octanol–water partition coefficient (Wildman–Crippen LogP) is 6.30. The van der Waals surface area contributed by atoms with E-state index >= 15 is 0 Å². The van der Waals surface area contributed by atoms with Crippen molar-refractivity contribution in [3.63, 3.8) is 0 Å². The average molecular weight is 512 g/mol. The number of amides is 2.